The van der Waals surface area contributed by atoms with Crippen LogP contribution in [0.3, 0.4) is 0 Å². The normalized spacial score (nSPS) is 21.9. The minimum atomic E-state index is -3.65. The van der Waals surface area contributed by atoms with Crippen molar-refractivity contribution in [2.24, 2.45) is 7.05 Å². The Bertz CT molecular complexity index is 801. The van der Waals surface area contributed by atoms with Crippen molar-refractivity contribution >= 4 is 15.9 Å². The first-order chi connectivity index (χ1) is 11.0. The van der Waals surface area contributed by atoms with Gasteiger partial charge in [0.2, 0.25) is 15.9 Å². The van der Waals surface area contributed by atoms with Gasteiger partial charge in [-0.15, -0.1) is 0 Å². The predicted molar refractivity (Wildman–Crippen MR) is 83.9 cm³/mol. The van der Waals surface area contributed by atoms with Gasteiger partial charge in [0, 0.05) is 19.5 Å². The number of rotatable bonds is 4. The second-order valence-electron chi connectivity index (χ2n) is 5.55. The van der Waals surface area contributed by atoms with Crippen molar-refractivity contribution in [3.05, 3.63) is 48.5 Å². The van der Waals surface area contributed by atoms with E-state index in [2.05, 4.69) is 15.0 Å². The number of aromatic nitrogens is 2. The predicted octanol–water partition coefficient (Wildman–Crippen LogP) is 0.718. The minimum absolute atomic E-state index is 0.0913. The number of imidazole rings is 1. The Kier molecular flexibility index (Phi) is 4.18. The molecule has 7 nitrogen and oxygen atoms in total. The molecule has 0 spiro atoms. The highest BCUT2D eigenvalue weighted by Gasteiger charge is 2.34. The van der Waals surface area contributed by atoms with Crippen molar-refractivity contribution in [1.29, 1.82) is 0 Å². The van der Waals surface area contributed by atoms with Gasteiger partial charge < -0.3 is 9.88 Å². The second-order valence-corrected chi connectivity index (χ2v) is 7.27. The van der Waals surface area contributed by atoms with Crippen molar-refractivity contribution in [2.75, 3.05) is 0 Å². The van der Waals surface area contributed by atoms with Crippen LogP contribution in [0.2, 0.25) is 0 Å². The molecule has 0 unspecified atom stereocenters. The van der Waals surface area contributed by atoms with E-state index in [-0.39, 0.29) is 17.2 Å². The van der Waals surface area contributed by atoms with E-state index in [1.165, 1.54) is 0 Å². The van der Waals surface area contributed by atoms with Crippen LogP contribution in [0, 0.1) is 0 Å². The molecule has 1 saturated heterocycles. The van der Waals surface area contributed by atoms with Crippen LogP contribution >= 0.6 is 0 Å². The number of nitrogens with zero attached hydrogens (tertiary/aromatic N) is 2. The van der Waals surface area contributed by atoms with E-state index < -0.39 is 22.1 Å². The molecule has 0 bridgehead atoms. The van der Waals surface area contributed by atoms with Gasteiger partial charge in [0.1, 0.15) is 0 Å². The van der Waals surface area contributed by atoms with Crippen molar-refractivity contribution in [1.82, 2.24) is 19.6 Å². The molecule has 0 radical (unpaired) electrons. The zero-order chi connectivity index (χ0) is 16.4. The van der Waals surface area contributed by atoms with Gasteiger partial charge in [-0.2, -0.15) is 0 Å². The molecule has 0 aliphatic carbocycles. The first-order valence-corrected chi connectivity index (χ1v) is 8.78. The Morgan fingerprint density at radius 2 is 2.04 bits per heavy atom. The largest absolute Gasteiger partial charge is 0.346 e. The van der Waals surface area contributed by atoms with E-state index in [4.69, 9.17) is 0 Å². The fraction of sp³-hybridized carbons (Fsp3) is 0.333. The summed E-state index contributed by atoms with van der Waals surface area (Å²) in [4.78, 5) is 16.0. The highest BCUT2D eigenvalue weighted by atomic mass is 32.2. The zero-order valence-electron chi connectivity index (χ0n) is 12.6. The molecule has 2 aromatic rings. The SMILES string of the molecule is Cn1cncc1[C@@H]1NC(=O)CC[C@H]1NS(=O)(=O)c1ccccc1. The summed E-state index contributed by atoms with van der Waals surface area (Å²) in [5.41, 5.74) is 0.763. The summed E-state index contributed by atoms with van der Waals surface area (Å²) in [5, 5.41) is 2.86. The van der Waals surface area contributed by atoms with Crippen LogP contribution in [-0.4, -0.2) is 29.9 Å². The lowest BCUT2D eigenvalue weighted by Crippen LogP contribution is -2.50. The van der Waals surface area contributed by atoms with Crippen LogP contribution < -0.4 is 10.0 Å². The Hall–Kier alpha value is -2.19. The molecule has 1 aromatic carbocycles. The molecule has 1 aliphatic heterocycles. The smallest absolute Gasteiger partial charge is 0.240 e. The Morgan fingerprint density at radius 1 is 1.30 bits per heavy atom. The highest BCUT2D eigenvalue weighted by Crippen LogP contribution is 2.25. The molecule has 2 heterocycles. The summed E-state index contributed by atoms with van der Waals surface area (Å²) in [7, 11) is -1.83. The molecule has 2 N–H and O–H groups in total. The van der Waals surface area contributed by atoms with E-state index in [1.807, 2.05) is 7.05 Å². The molecule has 0 saturated carbocycles. The molecule has 1 aliphatic rings. The van der Waals surface area contributed by atoms with Gasteiger partial charge in [-0.3, -0.25) is 4.79 Å². The molecule has 2 atom stereocenters. The maximum absolute atomic E-state index is 12.5. The molecular formula is C15H18N4O3S. The van der Waals surface area contributed by atoms with E-state index in [1.54, 1.807) is 47.4 Å². The number of carbonyl (C=O) groups is 1. The van der Waals surface area contributed by atoms with Crippen molar-refractivity contribution < 1.29 is 13.2 Å². The van der Waals surface area contributed by atoms with Gasteiger partial charge >= 0.3 is 0 Å². The van der Waals surface area contributed by atoms with Crippen molar-refractivity contribution in [2.45, 2.75) is 29.8 Å². The quantitative estimate of drug-likeness (QED) is 0.861. The van der Waals surface area contributed by atoms with Gasteiger partial charge in [-0.1, -0.05) is 18.2 Å². The number of aryl methyl sites for hydroxylation is 1. The highest BCUT2D eigenvalue weighted by molar-refractivity contribution is 7.89. The Labute approximate surface area is 134 Å². The molecular weight excluding hydrogens is 316 g/mol. The van der Waals surface area contributed by atoms with Crippen LogP contribution in [0.25, 0.3) is 0 Å². The number of amides is 1. The zero-order valence-corrected chi connectivity index (χ0v) is 13.5. The lowest BCUT2D eigenvalue weighted by molar-refractivity contribution is -0.123. The fourth-order valence-corrected chi connectivity index (χ4v) is 4.04. The van der Waals surface area contributed by atoms with Crippen molar-refractivity contribution in [3.8, 4) is 0 Å². The first-order valence-electron chi connectivity index (χ1n) is 7.30. The maximum atomic E-state index is 12.5. The molecule has 1 aromatic heterocycles. The van der Waals surface area contributed by atoms with Crippen LogP contribution in [0.4, 0.5) is 0 Å². The summed E-state index contributed by atoms with van der Waals surface area (Å²) in [6.45, 7) is 0. The van der Waals surface area contributed by atoms with Gasteiger partial charge in [0.15, 0.2) is 0 Å². The molecule has 1 fully saturated rings. The summed E-state index contributed by atoms with van der Waals surface area (Å²) in [5.74, 6) is -0.0913. The van der Waals surface area contributed by atoms with Gasteiger partial charge in [-0.05, 0) is 18.6 Å². The first kappa shape index (κ1) is 15.7. The Morgan fingerprint density at radius 3 is 2.70 bits per heavy atom. The van der Waals surface area contributed by atoms with Crippen LogP contribution in [0.15, 0.2) is 47.8 Å². The van der Waals surface area contributed by atoms with Crippen LogP contribution in [0.5, 0.6) is 0 Å². The third kappa shape index (κ3) is 3.27. The monoisotopic (exact) mass is 334 g/mol. The summed E-state index contributed by atoms with van der Waals surface area (Å²) in [6.07, 6.45) is 3.99. The second kappa shape index (κ2) is 6.13. The number of carbonyl (C=O) groups excluding carboxylic acids is 1. The number of hydrogen-bond donors (Lipinski definition) is 2. The average Bonchev–Trinajstić information content (AvgIpc) is 2.96. The molecule has 1 amide bonds. The maximum Gasteiger partial charge on any atom is 0.240 e. The van der Waals surface area contributed by atoms with Gasteiger partial charge in [-0.25, -0.2) is 18.1 Å². The Balaban J connectivity index is 1.88. The van der Waals surface area contributed by atoms with E-state index in [0.717, 1.165) is 5.69 Å². The van der Waals surface area contributed by atoms with Gasteiger partial charge in [0.25, 0.3) is 0 Å². The molecule has 122 valence electrons. The number of sulfonamides is 1. The van der Waals surface area contributed by atoms with E-state index in [9.17, 15) is 13.2 Å². The number of hydrogen-bond acceptors (Lipinski definition) is 4. The third-order valence-electron chi connectivity index (χ3n) is 3.93. The minimum Gasteiger partial charge on any atom is -0.346 e. The summed E-state index contributed by atoms with van der Waals surface area (Å²) < 4.78 is 29.6. The molecule has 23 heavy (non-hydrogen) atoms. The fourth-order valence-electron chi connectivity index (χ4n) is 2.74. The van der Waals surface area contributed by atoms with Crippen LogP contribution in [0.1, 0.15) is 24.6 Å². The standard InChI is InChI=1S/C15H18N4O3S/c1-19-10-16-9-13(19)15-12(7-8-14(20)17-15)18-23(21,22)11-5-3-2-4-6-11/h2-6,9-10,12,15,18H,7-8H2,1H3,(H,17,20)/t12-,15-/m1/s1. The lowest BCUT2D eigenvalue weighted by atomic mass is 9.96. The van der Waals surface area contributed by atoms with E-state index in [0.29, 0.717) is 6.42 Å². The number of nitrogens with one attached hydrogen (secondary N) is 2. The molecule has 3 rings (SSSR count). The molecule has 8 heteroatoms. The van der Waals surface area contributed by atoms with Crippen LogP contribution in [-0.2, 0) is 21.9 Å². The number of piperidine rings is 1. The average molecular weight is 334 g/mol. The van der Waals surface area contributed by atoms with Crippen molar-refractivity contribution in [3.63, 3.8) is 0 Å². The van der Waals surface area contributed by atoms with Gasteiger partial charge in [0.05, 0.1) is 29.2 Å². The summed E-state index contributed by atoms with van der Waals surface area (Å²) in [6, 6.07) is 7.34. The topological polar surface area (TPSA) is 93.1 Å². The number of benzene rings is 1. The van der Waals surface area contributed by atoms with E-state index >= 15 is 0 Å². The third-order valence-corrected chi connectivity index (χ3v) is 5.44. The summed E-state index contributed by atoms with van der Waals surface area (Å²) >= 11 is 0. The lowest BCUT2D eigenvalue weighted by Gasteiger charge is -2.32.